The number of rotatable bonds is 2. The van der Waals surface area contributed by atoms with Gasteiger partial charge in [-0.1, -0.05) is 6.07 Å². The van der Waals surface area contributed by atoms with E-state index in [4.69, 9.17) is 0 Å². The van der Waals surface area contributed by atoms with Gasteiger partial charge in [0.2, 0.25) is 0 Å². The molecule has 1 aromatic rings. The number of nitrogens with zero attached hydrogens (tertiary/aromatic N) is 5. The van der Waals surface area contributed by atoms with Crippen LogP contribution in [0, 0.1) is 23.4 Å². The molecule has 0 N–H and O–H groups in total. The van der Waals surface area contributed by atoms with E-state index in [9.17, 15) is 13.2 Å². The summed E-state index contributed by atoms with van der Waals surface area (Å²) in [5.74, 6) is -3.38. The highest BCUT2D eigenvalue weighted by atomic mass is 19.2. The average molecular weight is 472 g/mol. The first-order valence-corrected chi connectivity index (χ1v) is 12.2. The van der Waals surface area contributed by atoms with E-state index in [0.717, 1.165) is 84.4 Å². The molecular weight excluding hydrogens is 427 g/mol. The molecule has 1 heterocycles. The van der Waals surface area contributed by atoms with Crippen LogP contribution in [0.15, 0.2) is 12.1 Å². The van der Waals surface area contributed by atoms with Gasteiger partial charge in [-0.2, -0.15) is 0 Å². The van der Waals surface area contributed by atoms with Gasteiger partial charge in [-0.15, -0.1) is 0 Å². The van der Waals surface area contributed by atoms with Crippen LogP contribution in [0.5, 0.6) is 0 Å². The third kappa shape index (κ3) is 10.3. The van der Waals surface area contributed by atoms with Gasteiger partial charge in [0.1, 0.15) is 0 Å². The highest BCUT2D eigenvalue weighted by Gasteiger charge is 2.20. The summed E-state index contributed by atoms with van der Waals surface area (Å²) >= 11 is 0. The molecule has 1 aliphatic heterocycles. The molecule has 0 bridgehead atoms. The number of hydrogen-bond acceptors (Lipinski definition) is 5. The van der Waals surface area contributed by atoms with E-state index in [2.05, 4.69) is 59.7 Å². The maximum Gasteiger partial charge on any atom is 0.194 e. The molecule has 2 rings (SSSR count). The van der Waals surface area contributed by atoms with Gasteiger partial charge < -0.3 is 24.5 Å². The van der Waals surface area contributed by atoms with Crippen LogP contribution >= 0.6 is 0 Å². The third-order valence-electron chi connectivity index (χ3n) is 6.78. The van der Waals surface area contributed by atoms with E-state index >= 15 is 0 Å². The first-order chi connectivity index (χ1) is 15.7. The maximum atomic E-state index is 14.4. The van der Waals surface area contributed by atoms with E-state index in [1.165, 1.54) is 6.07 Å². The Kier molecular flexibility index (Phi) is 12.1. The van der Waals surface area contributed by atoms with Gasteiger partial charge in [0.25, 0.3) is 0 Å². The topological polar surface area (TPSA) is 16.2 Å². The van der Waals surface area contributed by atoms with Crippen LogP contribution in [0.3, 0.4) is 0 Å². The Balaban J connectivity index is 2.06. The number of likely N-dealkylation sites (N-methyl/N-ethyl adjacent to an activating group) is 5. The van der Waals surface area contributed by atoms with Crippen molar-refractivity contribution >= 4 is 0 Å². The van der Waals surface area contributed by atoms with Gasteiger partial charge in [-0.05, 0) is 91.7 Å². The Morgan fingerprint density at radius 1 is 0.636 bits per heavy atom. The lowest BCUT2D eigenvalue weighted by atomic mass is 9.94. The van der Waals surface area contributed by atoms with Crippen molar-refractivity contribution in [1.82, 2.24) is 24.5 Å². The standard InChI is InChI=1S/C25H44F3N5/c1-29-10-6-11-30(2)17-18-33(5)20-21(9-12-31(3)14-16-32(4)15-13-29)19-22-7-8-23(26)25(28)24(22)27/h7-8,21H,6,9-20H2,1-5H3. The van der Waals surface area contributed by atoms with Crippen LogP contribution in [-0.4, -0.2) is 125 Å². The smallest absolute Gasteiger partial charge is 0.194 e. The van der Waals surface area contributed by atoms with Crippen molar-refractivity contribution in [3.63, 3.8) is 0 Å². The SMILES string of the molecule is CN1CCCN(C)CCN(C)CC(Cc2ccc(F)c(F)c2F)CCN(C)CCN(C)CC1. The van der Waals surface area contributed by atoms with Crippen molar-refractivity contribution in [1.29, 1.82) is 0 Å². The largest absolute Gasteiger partial charge is 0.305 e. The lowest BCUT2D eigenvalue weighted by Gasteiger charge is -2.29. The fraction of sp³-hybridized carbons (Fsp3) is 0.760. The summed E-state index contributed by atoms with van der Waals surface area (Å²) in [7, 11) is 10.7. The molecule has 1 saturated heterocycles. The van der Waals surface area contributed by atoms with Crippen LogP contribution in [0.2, 0.25) is 0 Å². The van der Waals surface area contributed by atoms with Crippen LogP contribution in [-0.2, 0) is 6.42 Å². The molecule has 5 nitrogen and oxygen atoms in total. The van der Waals surface area contributed by atoms with Crippen molar-refractivity contribution in [2.24, 2.45) is 5.92 Å². The van der Waals surface area contributed by atoms with E-state index in [0.29, 0.717) is 6.42 Å². The number of hydrogen-bond donors (Lipinski definition) is 0. The monoisotopic (exact) mass is 471 g/mol. The first kappa shape index (κ1) is 28.1. The highest BCUT2D eigenvalue weighted by Crippen LogP contribution is 2.21. The van der Waals surface area contributed by atoms with E-state index < -0.39 is 17.5 Å². The molecule has 0 amide bonds. The predicted molar refractivity (Wildman–Crippen MR) is 130 cm³/mol. The van der Waals surface area contributed by atoms with Gasteiger partial charge in [0, 0.05) is 45.8 Å². The fourth-order valence-corrected chi connectivity index (χ4v) is 4.31. The van der Waals surface area contributed by atoms with E-state index in [1.807, 2.05) is 0 Å². The molecule has 0 aromatic heterocycles. The number of benzene rings is 1. The molecule has 0 radical (unpaired) electrons. The zero-order valence-corrected chi connectivity index (χ0v) is 21.3. The zero-order chi connectivity index (χ0) is 24.4. The van der Waals surface area contributed by atoms with Crippen molar-refractivity contribution < 1.29 is 13.2 Å². The summed E-state index contributed by atoms with van der Waals surface area (Å²) in [6, 6.07) is 2.43. The van der Waals surface area contributed by atoms with Gasteiger partial charge >= 0.3 is 0 Å². The molecule has 0 spiro atoms. The summed E-state index contributed by atoms with van der Waals surface area (Å²) in [6.07, 6.45) is 2.42. The van der Waals surface area contributed by atoms with E-state index in [-0.39, 0.29) is 11.5 Å². The minimum absolute atomic E-state index is 0.160. The minimum Gasteiger partial charge on any atom is -0.305 e. The Labute approximate surface area is 199 Å². The third-order valence-corrected chi connectivity index (χ3v) is 6.78. The normalized spacial score (nSPS) is 23.9. The summed E-state index contributed by atoms with van der Waals surface area (Å²) in [5.41, 5.74) is 0.262. The highest BCUT2D eigenvalue weighted by molar-refractivity contribution is 5.21. The molecular formula is C25H44F3N5. The summed E-state index contributed by atoms with van der Waals surface area (Å²) < 4.78 is 41.5. The molecule has 1 fully saturated rings. The van der Waals surface area contributed by atoms with Crippen LogP contribution < -0.4 is 0 Å². The van der Waals surface area contributed by atoms with Crippen molar-refractivity contribution in [3.8, 4) is 0 Å². The van der Waals surface area contributed by atoms with Gasteiger partial charge in [0.05, 0.1) is 0 Å². The fourth-order valence-electron chi connectivity index (χ4n) is 4.31. The number of halogens is 3. The van der Waals surface area contributed by atoms with Gasteiger partial charge in [0.15, 0.2) is 17.5 Å². The molecule has 1 unspecified atom stereocenters. The Hall–Kier alpha value is -1.19. The lowest BCUT2D eigenvalue weighted by molar-refractivity contribution is 0.188. The first-order valence-electron chi connectivity index (χ1n) is 12.2. The quantitative estimate of drug-likeness (QED) is 0.615. The zero-order valence-electron chi connectivity index (χ0n) is 21.3. The van der Waals surface area contributed by atoms with Crippen LogP contribution in [0.25, 0.3) is 0 Å². The second kappa shape index (κ2) is 14.3. The molecule has 0 saturated carbocycles. The summed E-state index contributed by atoms with van der Waals surface area (Å²) in [6.45, 7) is 9.79. The second-order valence-electron chi connectivity index (χ2n) is 10.0. The van der Waals surface area contributed by atoms with Crippen molar-refractivity contribution in [2.75, 3.05) is 101 Å². The van der Waals surface area contributed by atoms with Crippen LogP contribution in [0.4, 0.5) is 13.2 Å². The minimum atomic E-state index is -1.37. The predicted octanol–water partition coefficient (Wildman–Crippen LogP) is 2.72. The van der Waals surface area contributed by atoms with Crippen molar-refractivity contribution in [2.45, 2.75) is 19.3 Å². The second-order valence-corrected chi connectivity index (χ2v) is 10.0. The molecule has 190 valence electrons. The molecule has 1 atom stereocenters. The molecule has 8 heteroatoms. The summed E-state index contributed by atoms with van der Waals surface area (Å²) in [4.78, 5) is 11.7. The molecule has 1 aliphatic rings. The Morgan fingerprint density at radius 2 is 1.12 bits per heavy atom. The Morgan fingerprint density at radius 3 is 1.70 bits per heavy atom. The van der Waals surface area contributed by atoms with E-state index in [1.54, 1.807) is 0 Å². The lowest BCUT2D eigenvalue weighted by Crippen LogP contribution is -2.39. The molecule has 0 aliphatic carbocycles. The van der Waals surface area contributed by atoms with Gasteiger partial charge in [-0.3, -0.25) is 0 Å². The van der Waals surface area contributed by atoms with Crippen LogP contribution in [0.1, 0.15) is 18.4 Å². The maximum absolute atomic E-state index is 14.4. The molecule has 1 aromatic carbocycles. The van der Waals surface area contributed by atoms with Crippen molar-refractivity contribution in [3.05, 3.63) is 35.1 Å². The molecule has 33 heavy (non-hydrogen) atoms. The summed E-state index contributed by atoms with van der Waals surface area (Å²) in [5, 5.41) is 0. The average Bonchev–Trinajstić information content (AvgIpc) is 2.78. The van der Waals surface area contributed by atoms with Gasteiger partial charge in [-0.25, -0.2) is 13.2 Å². The Bertz CT molecular complexity index is 705.